The number of nitrogens with zero attached hydrogens (tertiary/aromatic N) is 5. The summed E-state index contributed by atoms with van der Waals surface area (Å²) in [6.45, 7) is 0. The molecule has 0 fully saturated rings. The minimum absolute atomic E-state index is 0.475. The van der Waals surface area contributed by atoms with Gasteiger partial charge in [0.15, 0.2) is 0 Å². The van der Waals surface area contributed by atoms with Crippen LogP contribution in [0.25, 0.3) is 17.3 Å². The number of thiophene rings is 1. The van der Waals surface area contributed by atoms with Crippen LogP contribution >= 0.6 is 11.3 Å². The van der Waals surface area contributed by atoms with E-state index < -0.39 is 5.41 Å². The average molecular weight is 358 g/mol. The van der Waals surface area contributed by atoms with E-state index >= 15 is 0 Å². The van der Waals surface area contributed by atoms with E-state index in [2.05, 4.69) is 59.1 Å². The maximum atomic E-state index is 4.56. The van der Waals surface area contributed by atoms with E-state index in [1.54, 1.807) is 36.4 Å². The molecule has 126 valence electrons. The first-order valence-electron chi connectivity index (χ1n) is 8.19. The van der Waals surface area contributed by atoms with E-state index in [0.29, 0.717) is 6.42 Å². The standard InChI is InChI=1S/C19H14N6S/c1-5-19(16-2-6-20-11-22-16,17-3-7-21-12-23-17)9-15-14(1)18(25-24-15)13-4-8-26-10-13/h1-8,10-12H,9H2,(H,24,25). The Labute approximate surface area is 153 Å². The lowest BCUT2D eigenvalue weighted by Crippen LogP contribution is -2.32. The normalized spacial score (nSPS) is 14.9. The molecule has 4 heterocycles. The number of allylic oxidation sites excluding steroid dienone is 1. The number of aromatic nitrogens is 6. The van der Waals surface area contributed by atoms with Crippen LogP contribution in [0, 0.1) is 0 Å². The first-order chi connectivity index (χ1) is 12.9. The van der Waals surface area contributed by atoms with Gasteiger partial charge in [-0.25, -0.2) is 19.9 Å². The van der Waals surface area contributed by atoms with Crippen molar-refractivity contribution in [1.29, 1.82) is 0 Å². The third-order valence-corrected chi connectivity index (χ3v) is 5.43. The van der Waals surface area contributed by atoms with E-state index in [9.17, 15) is 0 Å². The second-order valence-corrected chi connectivity index (χ2v) is 6.93. The van der Waals surface area contributed by atoms with Crippen molar-refractivity contribution in [2.75, 3.05) is 0 Å². The number of rotatable bonds is 3. The van der Waals surface area contributed by atoms with E-state index in [1.165, 1.54) is 0 Å². The predicted molar refractivity (Wildman–Crippen MR) is 99.5 cm³/mol. The van der Waals surface area contributed by atoms with Crippen LogP contribution < -0.4 is 0 Å². The zero-order valence-corrected chi connectivity index (χ0v) is 14.5. The first-order valence-corrected chi connectivity index (χ1v) is 9.13. The monoisotopic (exact) mass is 358 g/mol. The fourth-order valence-corrected chi connectivity index (χ4v) is 4.12. The van der Waals surface area contributed by atoms with Crippen molar-refractivity contribution in [3.63, 3.8) is 0 Å². The molecule has 0 atom stereocenters. The number of hydrogen-bond acceptors (Lipinski definition) is 6. The van der Waals surface area contributed by atoms with E-state index in [1.807, 2.05) is 12.1 Å². The van der Waals surface area contributed by atoms with Crippen LogP contribution in [0.1, 0.15) is 22.6 Å². The summed E-state index contributed by atoms with van der Waals surface area (Å²) in [4.78, 5) is 17.2. The summed E-state index contributed by atoms with van der Waals surface area (Å²) < 4.78 is 0. The highest BCUT2D eigenvalue weighted by Gasteiger charge is 2.39. The molecule has 0 aliphatic heterocycles. The molecule has 1 aliphatic carbocycles. The molecule has 0 radical (unpaired) electrons. The molecule has 1 aliphatic rings. The molecule has 7 heteroatoms. The quantitative estimate of drug-likeness (QED) is 0.608. The highest BCUT2D eigenvalue weighted by molar-refractivity contribution is 7.08. The van der Waals surface area contributed by atoms with Crippen LogP contribution in [0.5, 0.6) is 0 Å². The molecule has 0 unspecified atom stereocenters. The molecule has 0 amide bonds. The Balaban J connectivity index is 1.67. The topological polar surface area (TPSA) is 80.2 Å². The lowest BCUT2D eigenvalue weighted by Gasteiger charge is -2.31. The Morgan fingerprint density at radius 3 is 2.38 bits per heavy atom. The molecular weight excluding hydrogens is 344 g/mol. The zero-order chi connectivity index (χ0) is 17.4. The number of H-pyrrole nitrogens is 1. The molecule has 4 aromatic heterocycles. The van der Waals surface area contributed by atoms with Gasteiger partial charge < -0.3 is 0 Å². The fraction of sp³-hybridized carbons (Fsp3) is 0.105. The molecule has 0 saturated carbocycles. The average Bonchev–Trinajstić information content (AvgIpc) is 3.38. The highest BCUT2D eigenvalue weighted by atomic mass is 32.1. The molecular formula is C19H14N6S. The molecule has 5 rings (SSSR count). The minimum Gasteiger partial charge on any atom is -0.281 e. The molecule has 0 bridgehead atoms. The Hall–Kier alpha value is -3.19. The Kier molecular flexibility index (Phi) is 3.46. The SMILES string of the molecule is C1=CC(c2ccncn2)(c2ccncn2)Cc2[nH]nc(-c3ccsc3)c21. The number of fused-ring (bicyclic) bond motifs is 1. The number of nitrogens with one attached hydrogen (secondary N) is 1. The second kappa shape index (κ2) is 5.96. The van der Waals surface area contributed by atoms with Crippen molar-refractivity contribution >= 4 is 17.4 Å². The van der Waals surface area contributed by atoms with Gasteiger partial charge >= 0.3 is 0 Å². The third kappa shape index (κ3) is 2.28. The molecule has 0 saturated heterocycles. The molecule has 1 N–H and O–H groups in total. The third-order valence-electron chi connectivity index (χ3n) is 4.75. The fourth-order valence-electron chi connectivity index (χ4n) is 3.48. The predicted octanol–water partition coefficient (Wildman–Crippen LogP) is 3.27. The molecule has 4 aromatic rings. The maximum absolute atomic E-state index is 4.56. The van der Waals surface area contributed by atoms with Crippen molar-refractivity contribution in [2.45, 2.75) is 11.8 Å². The van der Waals surface area contributed by atoms with Gasteiger partial charge in [0, 0.05) is 41.0 Å². The molecule has 6 nitrogen and oxygen atoms in total. The summed E-state index contributed by atoms with van der Waals surface area (Å²) in [6.07, 6.45) is 11.7. The van der Waals surface area contributed by atoms with Gasteiger partial charge in [-0.15, -0.1) is 0 Å². The van der Waals surface area contributed by atoms with Crippen molar-refractivity contribution in [2.24, 2.45) is 0 Å². The van der Waals surface area contributed by atoms with Gasteiger partial charge in [0.2, 0.25) is 0 Å². The molecule has 0 spiro atoms. The van der Waals surface area contributed by atoms with Gasteiger partial charge in [0.1, 0.15) is 18.3 Å². The van der Waals surface area contributed by atoms with E-state index in [4.69, 9.17) is 0 Å². The molecule has 0 aromatic carbocycles. The summed E-state index contributed by atoms with van der Waals surface area (Å²) in [7, 11) is 0. The van der Waals surface area contributed by atoms with Crippen LogP contribution in [-0.2, 0) is 11.8 Å². The maximum Gasteiger partial charge on any atom is 0.115 e. The van der Waals surface area contributed by atoms with Crippen molar-refractivity contribution in [1.82, 2.24) is 30.1 Å². The lowest BCUT2D eigenvalue weighted by molar-refractivity contribution is 0.578. The second-order valence-electron chi connectivity index (χ2n) is 6.15. The van der Waals surface area contributed by atoms with Gasteiger partial charge in [-0.05, 0) is 23.6 Å². The van der Waals surface area contributed by atoms with Crippen LogP contribution in [0.4, 0.5) is 0 Å². The van der Waals surface area contributed by atoms with Gasteiger partial charge in [-0.2, -0.15) is 16.4 Å². The number of hydrogen-bond donors (Lipinski definition) is 1. The number of aromatic amines is 1. The van der Waals surface area contributed by atoms with Gasteiger partial charge in [0.25, 0.3) is 0 Å². The van der Waals surface area contributed by atoms with Crippen molar-refractivity contribution in [3.8, 4) is 11.3 Å². The first kappa shape index (κ1) is 15.1. The highest BCUT2D eigenvalue weighted by Crippen LogP contribution is 2.41. The van der Waals surface area contributed by atoms with Crippen LogP contribution in [0.3, 0.4) is 0 Å². The largest absolute Gasteiger partial charge is 0.281 e. The van der Waals surface area contributed by atoms with Gasteiger partial charge in [0.05, 0.1) is 16.8 Å². The van der Waals surface area contributed by atoms with Gasteiger partial charge in [-0.1, -0.05) is 12.2 Å². The summed E-state index contributed by atoms with van der Waals surface area (Å²) in [5, 5.41) is 12.0. The van der Waals surface area contributed by atoms with E-state index in [-0.39, 0.29) is 0 Å². The zero-order valence-electron chi connectivity index (χ0n) is 13.7. The van der Waals surface area contributed by atoms with Crippen LogP contribution in [-0.4, -0.2) is 30.1 Å². The summed E-state index contributed by atoms with van der Waals surface area (Å²) in [6, 6.07) is 5.97. The summed E-state index contributed by atoms with van der Waals surface area (Å²) >= 11 is 1.67. The Bertz CT molecular complexity index is 1010. The lowest BCUT2D eigenvalue weighted by atomic mass is 9.72. The van der Waals surface area contributed by atoms with Crippen molar-refractivity contribution < 1.29 is 0 Å². The smallest absolute Gasteiger partial charge is 0.115 e. The Morgan fingerprint density at radius 2 is 1.77 bits per heavy atom. The molecule has 26 heavy (non-hydrogen) atoms. The van der Waals surface area contributed by atoms with Gasteiger partial charge in [-0.3, -0.25) is 5.10 Å². The van der Waals surface area contributed by atoms with Crippen LogP contribution in [0.15, 0.2) is 60.1 Å². The van der Waals surface area contributed by atoms with E-state index in [0.717, 1.165) is 33.9 Å². The minimum atomic E-state index is -0.475. The van der Waals surface area contributed by atoms with Crippen molar-refractivity contribution in [3.05, 3.63) is 82.7 Å². The van der Waals surface area contributed by atoms with Crippen LogP contribution in [0.2, 0.25) is 0 Å². The summed E-state index contributed by atoms with van der Waals surface area (Å²) in [5.41, 5.74) is 5.65. The Morgan fingerprint density at radius 1 is 1.00 bits per heavy atom. The summed E-state index contributed by atoms with van der Waals surface area (Å²) in [5.74, 6) is 0.